The van der Waals surface area contributed by atoms with Gasteiger partial charge in [0.25, 0.3) is 17.1 Å². The third-order valence-corrected chi connectivity index (χ3v) is 7.37. The van der Waals surface area contributed by atoms with Crippen LogP contribution < -0.4 is 4.90 Å². The first-order valence-corrected chi connectivity index (χ1v) is 12.9. The lowest BCUT2D eigenvalue weighted by atomic mass is 10.1. The van der Waals surface area contributed by atoms with Gasteiger partial charge in [-0.2, -0.15) is 5.26 Å². The number of carbonyl (C=O) groups excluding carboxylic acids is 3. The Bertz CT molecular complexity index is 1490. The number of nitriles is 1. The van der Waals surface area contributed by atoms with Crippen molar-refractivity contribution in [2.24, 2.45) is 0 Å². The van der Waals surface area contributed by atoms with Crippen molar-refractivity contribution < 1.29 is 18.8 Å². The number of anilines is 1. The van der Waals surface area contributed by atoms with Gasteiger partial charge < -0.3 is 9.80 Å². The predicted octanol–water partition coefficient (Wildman–Crippen LogP) is 4.90. The minimum absolute atomic E-state index is 0.0108. The minimum atomic E-state index is -0.449. The molecule has 0 bridgehead atoms. The zero-order valence-corrected chi connectivity index (χ0v) is 21.2. The summed E-state index contributed by atoms with van der Waals surface area (Å²) >= 11 is 0.825. The van der Waals surface area contributed by atoms with E-state index in [0.29, 0.717) is 48.4 Å². The number of halogens is 1. The van der Waals surface area contributed by atoms with Gasteiger partial charge >= 0.3 is 0 Å². The molecule has 0 spiro atoms. The molecule has 3 amide bonds. The fraction of sp³-hybridized carbons (Fsp3) is 0.172. The zero-order chi connectivity index (χ0) is 26.6. The lowest BCUT2D eigenvalue weighted by Gasteiger charge is -2.36. The lowest BCUT2D eigenvalue weighted by Crippen LogP contribution is -2.49. The highest BCUT2D eigenvalue weighted by atomic mass is 32.2. The van der Waals surface area contributed by atoms with Crippen LogP contribution in [0.15, 0.2) is 77.7 Å². The van der Waals surface area contributed by atoms with E-state index in [1.807, 2.05) is 18.2 Å². The first-order valence-electron chi connectivity index (χ1n) is 12.1. The Kier molecular flexibility index (Phi) is 7.24. The van der Waals surface area contributed by atoms with Gasteiger partial charge in [-0.05, 0) is 65.4 Å². The van der Waals surface area contributed by atoms with Gasteiger partial charge in [0.05, 0.1) is 22.7 Å². The van der Waals surface area contributed by atoms with Gasteiger partial charge in [-0.25, -0.2) is 4.39 Å². The Morgan fingerprint density at radius 1 is 0.974 bits per heavy atom. The molecule has 2 saturated heterocycles. The smallest absolute Gasteiger partial charge is 0.293 e. The van der Waals surface area contributed by atoms with E-state index in [2.05, 4.69) is 11.0 Å². The van der Waals surface area contributed by atoms with E-state index in [1.165, 1.54) is 18.2 Å². The van der Waals surface area contributed by atoms with Crippen LogP contribution in [0, 0.1) is 17.1 Å². The topological polar surface area (TPSA) is 84.7 Å². The number of hydrogen-bond acceptors (Lipinski definition) is 6. The van der Waals surface area contributed by atoms with Crippen molar-refractivity contribution in [3.05, 3.63) is 106 Å². The van der Waals surface area contributed by atoms with E-state index in [-0.39, 0.29) is 17.4 Å². The van der Waals surface area contributed by atoms with Crippen LogP contribution in [0.5, 0.6) is 0 Å². The molecule has 0 aliphatic carbocycles. The largest absolute Gasteiger partial charge is 0.367 e. The van der Waals surface area contributed by atoms with Crippen molar-refractivity contribution >= 4 is 40.6 Å². The van der Waals surface area contributed by atoms with Gasteiger partial charge in [0, 0.05) is 31.7 Å². The highest BCUT2D eigenvalue weighted by molar-refractivity contribution is 8.18. The van der Waals surface area contributed by atoms with E-state index in [4.69, 9.17) is 0 Å². The molecule has 0 N–H and O–H groups in total. The third-order valence-electron chi connectivity index (χ3n) is 6.47. The molecule has 2 aliphatic rings. The van der Waals surface area contributed by atoms with Crippen LogP contribution in [0.1, 0.15) is 27.0 Å². The molecule has 3 aromatic rings. The van der Waals surface area contributed by atoms with Crippen molar-refractivity contribution in [2.45, 2.75) is 6.54 Å². The Morgan fingerprint density at radius 3 is 2.50 bits per heavy atom. The molecule has 5 rings (SSSR count). The van der Waals surface area contributed by atoms with Gasteiger partial charge in [-0.1, -0.05) is 36.4 Å². The van der Waals surface area contributed by atoms with E-state index in [1.54, 1.807) is 47.4 Å². The molecule has 9 heteroatoms. The zero-order valence-electron chi connectivity index (χ0n) is 20.3. The molecule has 0 atom stereocenters. The second-order valence-corrected chi connectivity index (χ2v) is 9.92. The van der Waals surface area contributed by atoms with Gasteiger partial charge in [0.1, 0.15) is 11.9 Å². The number of hydrogen-bond donors (Lipinski definition) is 0. The molecule has 0 saturated carbocycles. The van der Waals surface area contributed by atoms with Crippen LogP contribution in [-0.2, 0) is 11.3 Å². The average Bonchev–Trinajstić information content (AvgIpc) is 3.20. The number of amides is 3. The number of para-hydroxylation sites is 1. The quantitative estimate of drug-likeness (QED) is 0.440. The van der Waals surface area contributed by atoms with Gasteiger partial charge in [-0.15, -0.1) is 0 Å². The van der Waals surface area contributed by atoms with Crippen LogP contribution in [0.2, 0.25) is 0 Å². The van der Waals surface area contributed by atoms with Crippen LogP contribution in [0.3, 0.4) is 0 Å². The molecule has 2 fully saturated rings. The summed E-state index contributed by atoms with van der Waals surface area (Å²) in [5, 5.41) is 8.96. The number of thioether (sulfide) groups is 1. The van der Waals surface area contributed by atoms with Crippen LogP contribution in [0.4, 0.5) is 14.9 Å². The summed E-state index contributed by atoms with van der Waals surface area (Å²) in [6, 6.07) is 22.4. The molecule has 2 heterocycles. The molecule has 2 aliphatic heterocycles. The fourth-order valence-electron chi connectivity index (χ4n) is 4.54. The maximum atomic E-state index is 13.5. The molecule has 190 valence electrons. The highest BCUT2D eigenvalue weighted by Crippen LogP contribution is 2.33. The summed E-state index contributed by atoms with van der Waals surface area (Å²) in [5.74, 6) is -0.998. The fourth-order valence-corrected chi connectivity index (χ4v) is 5.38. The van der Waals surface area contributed by atoms with Gasteiger partial charge in [0.2, 0.25) is 0 Å². The monoisotopic (exact) mass is 526 g/mol. The number of rotatable bonds is 5. The number of nitrogens with zero attached hydrogens (tertiary/aromatic N) is 4. The number of carbonyl (C=O) groups is 3. The molecule has 0 unspecified atom stereocenters. The number of benzene rings is 3. The molecular formula is C29H23FN4O3S. The molecule has 7 nitrogen and oxygen atoms in total. The maximum absolute atomic E-state index is 13.5. The van der Waals surface area contributed by atoms with Gasteiger partial charge in [0.15, 0.2) is 0 Å². The van der Waals surface area contributed by atoms with Crippen LogP contribution in [-0.4, -0.2) is 53.0 Å². The Morgan fingerprint density at radius 2 is 1.74 bits per heavy atom. The summed E-state index contributed by atoms with van der Waals surface area (Å²) in [6.07, 6.45) is 1.60. The number of piperazine rings is 1. The normalized spacial score (nSPS) is 16.7. The Balaban J connectivity index is 1.26. The second-order valence-electron chi connectivity index (χ2n) is 8.93. The molecule has 3 aromatic carbocycles. The minimum Gasteiger partial charge on any atom is -0.367 e. The summed E-state index contributed by atoms with van der Waals surface area (Å²) in [6.45, 7) is 2.25. The standard InChI is InChI=1S/C29H23FN4O3S/c30-24-9-4-6-21(16-24)19-34-28(36)26(38-29(34)37)17-20-5-3-8-22(15-20)27(35)33-13-11-32(12-14-33)25-10-2-1-7-23(25)18-31/h1-10,15-17H,11-14,19H2/b26-17-. The van der Waals surface area contributed by atoms with Crippen molar-refractivity contribution in [1.29, 1.82) is 5.26 Å². The Hall–Kier alpha value is -4.42. The Labute approximate surface area is 223 Å². The second kappa shape index (κ2) is 10.9. The molecular weight excluding hydrogens is 503 g/mol. The third kappa shape index (κ3) is 5.31. The molecule has 0 radical (unpaired) electrons. The molecule has 0 aromatic heterocycles. The maximum Gasteiger partial charge on any atom is 0.293 e. The van der Waals surface area contributed by atoms with Crippen molar-refractivity contribution in [2.75, 3.05) is 31.1 Å². The summed E-state index contributed by atoms with van der Waals surface area (Å²) < 4.78 is 13.5. The van der Waals surface area contributed by atoms with E-state index < -0.39 is 17.0 Å². The number of imide groups is 1. The van der Waals surface area contributed by atoms with E-state index >= 15 is 0 Å². The van der Waals surface area contributed by atoms with Crippen molar-refractivity contribution in [1.82, 2.24) is 9.80 Å². The van der Waals surface area contributed by atoms with E-state index in [9.17, 15) is 24.0 Å². The molecule has 38 heavy (non-hydrogen) atoms. The predicted molar refractivity (Wildman–Crippen MR) is 144 cm³/mol. The summed E-state index contributed by atoms with van der Waals surface area (Å²) in [5.41, 5.74) is 3.13. The van der Waals surface area contributed by atoms with Gasteiger partial charge in [-0.3, -0.25) is 19.3 Å². The summed E-state index contributed by atoms with van der Waals surface area (Å²) in [7, 11) is 0. The van der Waals surface area contributed by atoms with E-state index in [0.717, 1.165) is 22.3 Å². The van der Waals surface area contributed by atoms with Crippen LogP contribution in [0.25, 0.3) is 6.08 Å². The van der Waals surface area contributed by atoms with Crippen LogP contribution >= 0.6 is 11.8 Å². The SMILES string of the molecule is N#Cc1ccccc1N1CCN(C(=O)c2cccc(/C=C3\SC(=O)N(Cc4cccc(F)c4)C3=O)c2)CC1. The first-order chi connectivity index (χ1) is 18.4. The first kappa shape index (κ1) is 25.2. The highest BCUT2D eigenvalue weighted by Gasteiger charge is 2.35. The average molecular weight is 527 g/mol. The van der Waals surface area contributed by atoms with Crippen molar-refractivity contribution in [3.8, 4) is 6.07 Å². The summed E-state index contributed by atoms with van der Waals surface area (Å²) in [4.78, 5) is 43.8. The van der Waals surface area contributed by atoms with Crippen molar-refractivity contribution in [3.63, 3.8) is 0 Å². The lowest BCUT2D eigenvalue weighted by molar-refractivity contribution is -0.123.